The van der Waals surface area contributed by atoms with Crippen LogP contribution in [-0.4, -0.2) is 80.8 Å². The van der Waals surface area contributed by atoms with Crippen molar-refractivity contribution in [1.82, 2.24) is 29.5 Å². The molecule has 3 N–H and O–H groups in total. The van der Waals surface area contributed by atoms with Gasteiger partial charge in [0.05, 0.1) is 36.7 Å². The minimum Gasteiger partial charge on any atom is -0.391 e. The molecule has 188 valence electrons. The molecule has 1 amide bonds. The van der Waals surface area contributed by atoms with Gasteiger partial charge in [-0.3, -0.25) is 4.79 Å². The van der Waals surface area contributed by atoms with Crippen LogP contribution in [0.3, 0.4) is 0 Å². The number of carbonyl (C=O) groups is 1. The van der Waals surface area contributed by atoms with Crippen molar-refractivity contribution in [2.24, 2.45) is 0 Å². The molecular formula is C25H29N7O4. The van der Waals surface area contributed by atoms with Crippen LogP contribution in [0.2, 0.25) is 0 Å². The third kappa shape index (κ3) is 3.71. The molecule has 5 heterocycles. The summed E-state index contributed by atoms with van der Waals surface area (Å²) in [5.74, 6) is 1.24. The SMILES string of the molecule is CNc1cc(-c2cnc3n([C@@H]4CCOC[C@H]4OC)cccc2-3)nc2c(C(=O)NC3CC[C@H]3O)cnn12. The molecule has 4 atom stereocenters. The number of rotatable bonds is 6. The number of hydrogen-bond donors (Lipinski definition) is 3. The van der Waals surface area contributed by atoms with E-state index >= 15 is 0 Å². The van der Waals surface area contributed by atoms with Crippen LogP contribution in [0, 0.1) is 0 Å². The molecule has 2 aromatic heterocycles. The number of nitrogens with zero attached hydrogens (tertiary/aromatic N) is 5. The number of amides is 1. The summed E-state index contributed by atoms with van der Waals surface area (Å²) in [4.78, 5) is 22.6. The highest BCUT2D eigenvalue weighted by atomic mass is 16.5. The highest BCUT2D eigenvalue weighted by Crippen LogP contribution is 2.37. The van der Waals surface area contributed by atoms with Crippen molar-refractivity contribution < 1.29 is 19.4 Å². The van der Waals surface area contributed by atoms with Crippen molar-refractivity contribution in [2.75, 3.05) is 32.7 Å². The predicted molar refractivity (Wildman–Crippen MR) is 132 cm³/mol. The number of aliphatic hydroxyl groups excluding tert-OH is 1. The van der Waals surface area contributed by atoms with Gasteiger partial charge in [-0.15, -0.1) is 0 Å². The first-order valence-corrected chi connectivity index (χ1v) is 12.2. The minimum absolute atomic E-state index is 0.0538. The Kier molecular flexibility index (Phi) is 5.82. The van der Waals surface area contributed by atoms with Crippen molar-refractivity contribution in [1.29, 1.82) is 0 Å². The summed E-state index contributed by atoms with van der Waals surface area (Å²) in [7, 11) is 3.51. The average molecular weight is 492 g/mol. The molecule has 11 nitrogen and oxygen atoms in total. The lowest BCUT2D eigenvalue weighted by molar-refractivity contribution is -0.0600. The molecule has 3 aliphatic heterocycles. The van der Waals surface area contributed by atoms with Gasteiger partial charge in [0.25, 0.3) is 5.91 Å². The molecule has 0 bridgehead atoms. The molecule has 0 spiro atoms. The predicted octanol–water partition coefficient (Wildman–Crippen LogP) is 1.97. The number of aromatic nitrogens is 5. The van der Waals surface area contributed by atoms with E-state index in [1.165, 1.54) is 6.20 Å². The molecule has 36 heavy (non-hydrogen) atoms. The lowest BCUT2D eigenvalue weighted by Crippen LogP contribution is -2.50. The van der Waals surface area contributed by atoms with Gasteiger partial charge in [0.2, 0.25) is 0 Å². The average Bonchev–Trinajstić information content (AvgIpc) is 3.54. The molecule has 4 aliphatic rings. The van der Waals surface area contributed by atoms with Gasteiger partial charge in [-0.1, -0.05) is 0 Å². The molecule has 1 unspecified atom stereocenters. The lowest BCUT2D eigenvalue weighted by atomic mass is 9.89. The zero-order valence-corrected chi connectivity index (χ0v) is 20.2. The number of ether oxygens (including phenoxy) is 2. The largest absolute Gasteiger partial charge is 0.391 e. The summed E-state index contributed by atoms with van der Waals surface area (Å²) in [5.41, 5.74) is 3.30. The normalized spacial score (nSPS) is 24.1. The lowest BCUT2D eigenvalue weighted by Gasteiger charge is -2.33. The quantitative estimate of drug-likeness (QED) is 0.374. The first-order valence-electron chi connectivity index (χ1n) is 12.2. The maximum Gasteiger partial charge on any atom is 0.257 e. The molecular weight excluding hydrogens is 462 g/mol. The third-order valence-electron chi connectivity index (χ3n) is 7.33. The van der Waals surface area contributed by atoms with Gasteiger partial charge >= 0.3 is 0 Å². The Morgan fingerprint density at radius 1 is 1.25 bits per heavy atom. The summed E-state index contributed by atoms with van der Waals surface area (Å²) in [5, 5.41) is 20.3. The van der Waals surface area contributed by atoms with Crippen LogP contribution in [0.15, 0.2) is 36.8 Å². The summed E-state index contributed by atoms with van der Waals surface area (Å²) in [6.45, 7) is 1.22. The molecule has 0 radical (unpaired) electrons. The van der Waals surface area contributed by atoms with E-state index in [0.717, 1.165) is 29.8 Å². The number of hydrogen-bond acceptors (Lipinski definition) is 8. The summed E-state index contributed by atoms with van der Waals surface area (Å²) >= 11 is 0. The summed E-state index contributed by atoms with van der Waals surface area (Å²) in [6.07, 6.45) is 7.10. The van der Waals surface area contributed by atoms with Crippen molar-refractivity contribution in [3.8, 4) is 22.6 Å². The molecule has 2 aromatic rings. The number of fused-ring (bicyclic) bond motifs is 2. The van der Waals surface area contributed by atoms with Crippen molar-refractivity contribution in [2.45, 2.75) is 43.6 Å². The Morgan fingerprint density at radius 2 is 2.14 bits per heavy atom. The Bertz CT molecular complexity index is 1380. The smallest absolute Gasteiger partial charge is 0.257 e. The second-order valence-electron chi connectivity index (χ2n) is 9.32. The van der Waals surface area contributed by atoms with E-state index in [-0.39, 0.29) is 24.1 Å². The number of anilines is 1. The van der Waals surface area contributed by atoms with Crippen LogP contribution < -0.4 is 10.6 Å². The Balaban J connectivity index is 1.39. The van der Waals surface area contributed by atoms with Gasteiger partial charge in [0.1, 0.15) is 23.3 Å². The number of nitrogens with one attached hydrogen (secondary N) is 2. The number of aliphatic hydroxyl groups is 1. The molecule has 6 rings (SSSR count). The Morgan fingerprint density at radius 3 is 2.89 bits per heavy atom. The molecule has 1 saturated carbocycles. The fraction of sp³-hybridized carbons (Fsp3) is 0.440. The Labute approximate surface area is 207 Å². The molecule has 0 aromatic carbocycles. The van der Waals surface area contributed by atoms with Crippen LogP contribution in [0.25, 0.3) is 28.3 Å². The van der Waals surface area contributed by atoms with Crippen LogP contribution in [-0.2, 0) is 9.47 Å². The molecule has 1 aliphatic carbocycles. The molecule has 1 saturated heterocycles. The first kappa shape index (κ1) is 22.9. The standard InChI is InChI=1S/C25H29N7O4/c1-26-22-10-18(29-24-16(12-28-32(22)24)25(34)30-17-5-6-20(17)33)15-11-27-23-14(15)4-3-8-31(23)19-7-9-36-13-21(19)35-2/h3-4,8,10-12,17,19-21,26,33H,5-7,9,13H2,1-2H3,(H,30,34)/t17?,19-,20-,21-/m1/s1. The van der Waals surface area contributed by atoms with Gasteiger partial charge in [0.15, 0.2) is 5.65 Å². The zero-order valence-electron chi connectivity index (χ0n) is 20.2. The van der Waals surface area contributed by atoms with Crippen LogP contribution in [0.4, 0.5) is 5.82 Å². The highest BCUT2D eigenvalue weighted by Gasteiger charge is 2.32. The van der Waals surface area contributed by atoms with E-state index in [0.29, 0.717) is 42.4 Å². The minimum atomic E-state index is -0.505. The van der Waals surface area contributed by atoms with Gasteiger partial charge in [0, 0.05) is 50.4 Å². The van der Waals surface area contributed by atoms with E-state index in [9.17, 15) is 9.90 Å². The van der Waals surface area contributed by atoms with Gasteiger partial charge in [-0.25, -0.2) is 9.97 Å². The number of methoxy groups -OCH3 is 1. The molecule has 11 heteroatoms. The third-order valence-corrected chi connectivity index (χ3v) is 7.33. The van der Waals surface area contributed by atoms with E-state index in [4.69, 9.17) is 19.4 Å². The van der Waals surface area contributed by atoms with E-state index in [1.54, 1.807) is 18.7 Å². The topological polar surface area (TPSA) is 128 Å². The second-order valence-corrected chi connectivity index (χ2v) is 9.32. The van der Waals surface area contributed by atoms with Crippen LogP contribution >= 0.6 is 0 Å². The number of carbonyl (C=O) groups excluding carboxylic acids is 1. The maximum atomic E-state index is 13.0. The zero-order chi connectivity index (χ0) is 24.8. The number of pyridine rings is 1. The summed E-state index contributed by atoms with van der Waals surface area (Å²) in [6, 6.07) is 5.82. The fourth-order valence-corrected chi connectivity index (χ4v) is 5.11. The van der Waals surface area contributed by atoms with E-state index in [2.05, 4.69) is 20.3 Å². The molecule has 2 fully saturated rings. The van der Waals surface area contributed by atoms with Crippen molar-refractivity contribution >= 4 is 17.4 Å². The van der Waals surface area contributed by atoms with Crippen LogP contribution in [0.1, 0.15) is 35.7 Å². The van der Waals surface area contributed by atoms with Gasteiger partial charge < -0.3 is 29.8 Å². The summed E-state index contributed by atoms with van der Waals surface area (Å²) < 4.78 is 15.1. The first-order chi connectivity index (χ1) is 17.6. The van der Waals surface area contributed by atoms with Crippen LogP contribution in [0.5, 0.6) is 0 Å². The van der Waals surface area contributed by atoms with E-state index < -0.39 is 6.10 Å². The van der Waals surface area contributed by atoms with E-state index in [1.807, 2.05) is 30.6 Å². The monoisotopic (exact) mass is 491 g/mol. The highest BCUT2D eigenvalue weighted by molar-refractivity contribution is 6.00. The second kappa shape index (κ2) is 9.16. The van der Waals surface area contributed by atoms with Gasteiger partial charge in [-0.2, -0.15) is 9.61 Å². The van der Waals surface area contributed by atoms with Crippen molar-refractivity contribution in [3.63, 3.8) is 0 Å². The fourth-order valence-electron chi connectivity index (χ4n) is 5.11. The van der Waals surface area contributed by atoms with Gasteiger partial charge in [-0.05, 0) is 31.4 Å². The Hall–Kier alpha value is -3.54. The van der Waals surface area contributed by atoms with Crippen molar-refractivity contribution in [3.05, 3.63) is 42.4 Å². The maximum absolute atomic E-state index is 13.0.